The van der Waals surface area contributed by atoms with Crippen LogP contribution in [0.1, 0.15) is 5.82 Å². The van der Waals surface area contributed by atoms with Crippen molar-refractivity contribution in [3.05, 3.63) is 52.7 Å². The van der Waals surface area contributed by atoms with Crippen LogP contribution in [0, 0.1) is 5.82 Å². The summed E-state index contributed by atoms with van der Waals surface area (Å²) in [6.07, 6.45) is 2.71. The predicted octanol–water partition coefficient (Wildman–Crippen LogP) is 0.900. The van der Waals surface area contributed by atoms with Gasteiger partial charge in [-0.05, 0) is 12.1 Å². The Labute approximate surface area is 113 Å². The van der Waals surface area contributed by atoms with Crippen molar-refractivity contribution in [1.29, 1.82) is 0 Å². The van der Waals surface area contributed by atoms with E-state index in [1.807, 2.05) is 11.6 Å². The van der Waals surface area contributed by atoms with Gasteiger partial charge in [0.2, 0.25) is 0 Å². The van der Waals surface area contributed by atoms with E-state index in [9.17, 15) is 9.18 Å². The lowest BCUT2D eigenvalue weighted by Gasteiger charge is -2.05. The Kier molecular flexibility index (Phi) is 2.74. The molecule has 1 aromatic carbocycles. The number of aromatic nitrogens is 4. The first-order valence-electron chi connectivity index (χ1n) is 5.97. The summed E-state index contributed by atoms with van der Waals surface area (Å²) in [6.45, 7) is 0.226. The summed E-state index contributed by atoms with van der Waals surface area (Å²) in [5.74, 6) is 0.282. The summed E-state index contributed by atoms with van der Waals surface area (Å²) in [5, 5.41) is 0. The van der Waals surface area contributed by atoms with Crippen LogP contribution in [0.15, 0.2) is 35.5 Å². The van der Waals surface area contributed by atoms with Crippen molar-refractivity contribution in [2.24, 2.45) is 7.05 Å². The third-order valence-electron chi connectivity index (χ3n) is 3.17. The zero-order chi connectivity index (χ0) is 14.3. The predicted molar refractivity (Wildman–Crippen MR) is 72.7 cm³/mol. The molecular weight excluding hydrogens is 261 g/mol. The molecule has 3 aromatic rings. The Hall–Kier alpha value is -2.70. The van der Waals surface area contributed by atoms with E-state index < -0.39 is 0 Å². The van der Waals surface area contributed by atoms with Gasteiger partial charge in [-0.15, -0.1) is 0 Å². The monoisotopic (exact) mass is 273 g/mol. The third-order valence-corrected chi connectivity index (χ3v) is 3.17. The summed E-state index contributed by atoms with van der Waals surface area (Å²) in [6, 6.07) is 4.39. The molecule has 2 aromatic heterocycles. The molecule has 0 spiro atoms. The second-order valence-corrected chi connectivity index (χ2v) is 4.50. The highest BCUT2D eigenvalue weighted by Crippen LogP contribution is 2.16. The summed E-state index contributed by atoms with van der Waals surface area (Å²) in [7, 11) is 1.81. The van der Waals surface area contributed by atoms with Gasteiger partial charge in [-0.3, -0.25) is 9.36 Å². The van der Waals surface area contributed by atoms with Gasteiger partial charge in [-0.2, -0.15) is 0 Å². The Balaban J connectivity index is 2.09. The van der Waals surface area contributed by atoms with Gasteiger partial charge >= 0.3 is 0 Å². The standard InChI is InChI=1S/C13H12FN5O/c1-18-11-3-2-8(14)4-10(11)17-12(18)6-19-7-16-5-9(15)13(19)20/h2-5,7H,6,15H2,1H3. The normalized spacial score (nSPS) is 11.1. The van der Waals surface area contributed by atoms with Crippen LogP contribution in [0.4, 0.5) is 10.1 Å². The largest absolute Gasteiger partial charge is 0.393 e. The van der Waals surface area contributed by atoms with Gasteiger partial charge in [0.05, 0.1) is 30.1 Å². The van der Waals surface area contributed by atoms with Crippen LogP contribution in [0.25, 0.3) is 11.0 Å². The highest BCUT2D eigenvalue weighted by atomic mass is 19.1. The van der Waals surface area contributed by atoms with Crippen LogP contribution in [-0.4, -0.2) is 19.1 Å². The van der Waals surface area contributed by atoms with Crippen molar-refractivity contribution in [3.63, 3.8) is 0 Å². The molecular formula is C13H12FN5O. The van der Waals surface area contributed by atoms with Gasteiger partial charge in [-0.1, -0.05) is 0 Å². The molecule has 102 valence electrons. The highest BCUT2D eigenvalue weighted by molar-refractivity contribution is 5.75. The van der Waals surface area contributed by atoms with Gasteiger partial charge in [0, 0.05) is 13.1 Å². The van der Waals surface area contributed by atoms with Crippen molar-refractivity contribution in [1.82, 2.24) is 19.1 Å². The molecule has 0 saturated carbocycles. The van der Waals surface area contributed by atoms with Crippen molar-refractivity contribution in [2.75, 3.05) is 5.73 Å². The van der Waals surface area contributed by atoms with Crippen LogP contribution >= 0.6 is 0 Å². The van der Waals surface area contributed by atoms with E-state index in [2.05, 4.69) is 9.97 Å². The highest BCUT2D eigenvalue weighted by Gasteiger charge is 2.10. The minimum atomic E-state index is -0.343. The van der Waals surface area contributed by atoms with Gasteiger partial charge in [0.25, 0.3) is 5.56 Å². The molecule has 0 unspecified atom stereocenters. The lowest BCUT2D eigenvalue weighted by atomic mass is 10.3. The quantitative estimate of drug-likeness (QED) is 0.752. The second kappa shape index (κ2) is 4.44. The van der Waals surface area contributed by atoms with E-state index in [-0.39, 0.29) is 23.6 Å². The van der Waals surface area contributed by atoms with Crippen LogP contribution in [-0.2, 0) is 13.6 Å². The average Bonchev–Trinajstić information content (AvgIpc) is 2.71. The lowest BCUT2D eigenvalue weighted by Crippen LogP contribution is -2.24. The maximum Gasteiger partial charge on any atom is 0.276 e. The molecule has 0 saturated heterocycles. The number of hydrogen-bond donors (Lipinski definition) is 1. The Morgan fingerprint density at radius 3 is 3.00 bits per heavy atom. The summed E-state index contributed by atoms with van der Waals surface area (Å²) in [5.41, 5.74) is 6.64. The molecule has 0 bridgehead atoms. The first-order valence-corrected chi connectivity index (χ1v) is 5.97. The fraction of sp³-hybridized carbons (Fsp3) is 0.154. The van der Waals surface area contributed by atoms with Crippen molar-refractivity contribution in [2.45, 2.75) is 6.54 Å². The first kappa shape index (κ1) is 12.3. The summed E-state index contributed by atoms with van der Waals surface area (Å²) < 4.78 is 16.4. The van der Waals surface area contributed by atoms with Crippen molar-refractivity contribution in [3.8, 4) is 0 Å². The van der Waals surface area contributed by atoms with Gasteiger partial charge < -0.3 is 10.3 Å². The van der Waals surface area contributed by atoms with E-state index in [0.717, 1.165) is 5.52 Å². The molecule has 3 rings (SSSR count). The van der Waals surface area contributed by atoms with E-state index in [4.69, 9.17) is 5.73 Å². The van der Waals surface area contributed by atoms with Crippen molar-refractivity contribution < 1.29 is 4.39 Å². The van der Waals surface area contributed by atoms with Crippen LogP contribution in [0.2, 0.25) is 0 Å². The molecule has 2 N–H and O–H groups in total. The number of halogens is 1. The maximum absolute atomic E-state index is 13.2. The Bertz CT molecular complexity index is 852. The molecule has 2 heterocycles. The molecule has 0 aliphatic heterocycles. The number of fused-ring (bicyclic) bond motifs is 1. The van der Waals surface area contributed by atoms with Crippen LogP contribution in [0.3, 0.4) is 0 Å². The number of nitrogens with zero attached hydrogens (tertiary/aromatic N) is 4. The van der Waals surface area contributed by atoms with Crippen LogP contribution in [0.5, 0.6) is 0 Å². The Morgan fingerprint density at radius 2 is 2.20 bits per heavy atom. The molecule has 0 aliphatic carbocycles. The molecule has 6 nitrogen and oxygen atoms in total. The molecule has 0 atom stereocenters. The maximum atomic E-state index is 13.2. The number of aryl methyl sites for hydroxylation is 1. The number of imidazole rings is 1. The minimum Gasteiger partial charge on any atom is -0.393 e. The average molecular weight is 273 g/mol. The fourth-order valence-corrected chi connectivity index (χ4v) is 2.10. The molecule has 0 radical (unpaired) electrons. The Morgan fingerprint density at radius 1 is 1.40 bits per heavy atom. The summed E-state index contributed by atoms with van der Waals surface area (Å²) in [4.78, 5) is 20.1. The molecule has 20 heavy (non-hydrogen) atoms. The van der Waals surface area contributed by atoms with Gasteiger partial charge in [0.1, 0.15) is 17.3 Å². The van der Waals surface area contributed by atoms with E-state index in [1.54, 1.807) is 6.07 Å². The second-order valence-electron chi connectivity index (χ2n) is 4.50. The van der Waals surface area contributed by atoms with E-state index in [1.165, 1.54) is 29.2 Å². The number of anilines is 1. The zero-order valence-corrected chi connectivity index (χ0v) is 10.7. The zero-order valence-electron chi connectivity index (χ0n) is 10.7. The first-order chi connectivity index (χ1) is 9.56. The van der Waals surface area contributed by atoms with Crippen LogP contribution < -0.4 is 11.3 Å². The molecule has 7 heteroatoms. The third kappa shape index (κ3) is 1.93. The molecule has 0 amide bonds. The van der Waals surface area contributed by atoms with Crippen molar-refractivity contribution >= 4 is 16.7 Å². The minimum absolute atomic E-state index is 0.0808. The number of nitrogens with two attached hydrogens (primary N) is 1. The SMILES string of the molecule is Cn1c(Cn2cncc(N)c2=O)nc2cc(F)ccc21. The van der Waals surface area contributed by atoms with Gasteiger partial charge in [0.15, 0.2) is 0 Å². The molecule has 0 fully saturated rings. The van der Waals surface area contributed by atoms with Gasteiger partial charge in [-0.25, -0.2) is 14.4 Å². The molecule has 0 aliphatic rings. The number of benzene rings is 1. The van der Waals surface area contributed by atoms with E-state index in [0.29, 0.717) is 11.3 Å². The summed E-state index contributed by atoms with van der Waals surface area (Å²) >= 11 is 0. The topological polar surface area (TPSA) is 78.7 Å². The number of nitrogen functional groups attached to an aromatic ring is 1. The lowest BCUT2D eigenvalue weighted by molar-refractivity contribution is 0.629. The number of rotatable bonds is 2. The van der Waals surface area contributed by atoms with E-state index >= 15 is 0 Å². The number of hydrogen-bond acceptors (Lipinski definition) is 4. The fourth-order valence-electron chi connectivity index (χ4n) is 2.10. The smallest absolute Gasteiger partial charge is 0.276 e.